The van der Waals surface area contributed by atoms with Gasteiger partial charge in [0.15, 0.2) is 5.82 Å². The van der Waals surface area contributed by atoms with Crippen molar-refractivity contribution in [1.82, 2.24) is 19.7 Å². The predicted octanol–water partition coefficient (Wildman–Crippen LogP) is 4.37. The Labute approximate surface area is 158 Å². The van der Waals surface area contributed by atoms with Crippen LogP contribution in [0.5, 0.6) is 5.75 Å². The summed E-state index contributed by atoms with van der Waals surface area (Å²) in [6.07, 6.45) is 1.81. The lowest BCUT2D eigenvalue weighted by molar-refractivity contribution is 0.415. The Morgan fingerprint density at radius 3 is 2.52 bits per heavy atom. The fourth-order valence-electron chi connectivity index (χ4n) is 3.06. The SMILES string of the molecule is COc1cccc(-c2ccnc(-c3nnc(C)n3Cc3ccccc3)c2)c1. The van der Waals surface area contributed by atoms with Gasteiger partial charge >= 0.3 is 0 Å². The van der Waals surface area contributed by atoms with Gasteiger partial charge in [0.1, 0.15) is 17.3 Å². The minimum atomic E-state index is 0.708. The predicted molar refractivity (Wildman–Crippen MR) is 106 cm³/mol. The van der Waals surface area contributed by atoms with Crippen LogP contribution in [0.25, 0.3) is 22.6 Å². The summed E-state index contributed by atoms with van der Waals surface area (Å²) in [6, 6.07) is 22.3. The topological polar surface area (TPSA) is 52.8 Å². The van der Waals surface area contributed by atoms with E-state index in [1.807, 2.05) is 55.5 Å². The molecule has 0 saturated heterocycles. The molecule has 0 radical (unpaired) electrons. The summed E-state index contributed by atoms with van der Waals surface area (Å²) >= 11 is 0. The zero-order valence-corrected chi connectivity index (χ0v) is 15.3. The van der Waals surface area contributed by atoms with Gasteiger partial charge in [-0.1, -0.05) is 42.5 Å². The molecule has 0 amide bonds. The van der Waals surface area contributed by atoms with Gasteiger partial charge in [0, 0.05) is 6.20 Å². The summed E-state index contributed by atoms with van der Waals surface area (Å²) in [5.74, 6) is 2.46. The Hall–Kier alpha value is -3.47. The molecule has 0 unspecified atom stereocenters. The summed E-state index contributed by atoms with van der Waals surface area (Å²) < 4.78 is 7.43. The molecule has 0 aliphatic heterocycles. The highest BCUT2D eigenvalue weighted by Crippen LogP contribution is 2.27. The van der Waals surface area contributed by atoms with E-state index in [0.717, 1.165) is 34.2 Å². The van der Waals surface area contributed by atoms with Gasteiger partial charge in [-0.05, 0) is 47.9 Å². The first-order valence-corrected chi connectivity index (χ1v) is 8.79. The molecule has 134 valence electrons. The molecule has 2 heterocycles. The number of benzene rings is 2. The number of nitrogens with zero attached hydrogens (tertiary/aromatic N) is 4. The van der Waals surface area contributed by atoms with Crippen LogP contribution in [0.15, 0.2) is 72.9 Å². The van der Waals surface area contributed by atoms with E-state index in [0.29, 0.717) is 6.54 Å². The number of aryl methyl sites for hydroxylation is 1. The maximum absolute atomic E-state index is 5.34. The molecule has 0 N–H and O–H groups in total. The number of ether oxygens (including phenoxy) is 1. The van der Waals surface area contributed by atoms with Crippen LogP contribution in [0.1, 0.15) is 11.4 Å². The summed E-state index contributed by atoms with van der Waals surface area (Å²) in [6.45, 7) is 2.67. The lowest BCUT2D eigenvalue weighted by atomic mass is 10.1. The highest BCUT2D eigenvalue weighted by Gasteiger charge is 2.13. The van der Waals surface area contributed by atoms with E-state index in [1.54, 1.807) is 13.3 Å². The minimum absolute atomic E-state index is 0.708. The van der Waals surface area contributed by atoms with Gasteiger partial charge in [-0.3, -0.25) is 4.98 Å². The second-order valence-electron chi connectivity index (χ2n) is 6.30. The second kappa shape index (κ2) is 7.41. The fourth-order valence-corrected chi connectivity index (χ4v) is 3.06. The van der Waals surface area contributed by atoms with Crippen molar-refractivity contribution in [3.63, 3.8) is 0 Å². The van der Waals surface area contributed by atoms with Crippen molar-refractivity contribution in [2.24, 2.45) is 0 Å². The Balaban J connectivity index is 1.72. The zero-order valence-electron chi connectivity index (χ0n) is 15.3. The van der Waals surface area contributed by atoms with E-state index >= 15 is 0 Å². The van der Waals surface area contributed by atoms with Gasteiger partial charge < -0.3 is 9.30 Å². The molecular formula is C22H20N4O. The molecule has 0 spiro atoms. The Kier molecular flexibility index (Phi) is 4.66. The van der Waals surface area contributed by atoms with Gasteiger partial charge in [-0.25, -0.2) is 0 Å². The largest absolute Gasteiger partial charge is 0.497 e. The van der Waals surface area contributed by atoms with Gasteiger partial charge in [-0.2, -0.15) is 0 Å². The fraction of sp³-hybridized carbons (Fsp3) is 0.136. The molecule has 0 fully saturated rings. The molecule has 4 rings (SSSR count). The van der Waals surface area contributed by atoms with Crippen LogP contribution < -0.4 is 4.74 Å². The number of hydrogen-bond donors (Lipinski definition) is 0. The van der Waals surface area contributed by atoms with Crippen molar-refractivity contribution in [2.45, 2.75) is 13.5 Å². The van der Waals surface area contributed by atoms with E-state index in [-0.39, 0.29) is 0 Å². The molecule has 0 bridgehead atoms. The van der Waals surface area contributed by atoms with Gasteiger partial charge in [-0.15, -0.1) is 10.2 Å². The van der Waals surface area contributed by atoms with Crippen LogP contribution in [0.2, 0.25) is 0 Å². The van der Waals surface area contributed by atoms with Crippen LogP contribution in [-0.4, -0.2) is 26.9 Å². The van der Waals surface area contributed by atoms with E-state index in [4.69, 9.17) is 4.74 Å². The van der Waals surface area contributed by atoms with Gasteiger partial charge in [0.05, 0.1) is 13.7 Å². The third-order valence-corrected chi connectivity index (χ3v) is 4.51. The van der Waals surface area contributed by atoms with E-state index < -0.39 is 0 Å². The van der Waals surface area contributed by atoms with Crippen LogP contribution in [0.4, 0.5) is 0 Å². The smallest absolute Gasteiger partial charge is 0.182 e. The number of pyridine rings is 1. The monoisotopic (exact) mass is 356 g/mol. The van der Waals surface area contributed by atoms with E-state index in [1.165, 1.54) is 5.56 Å². The summed E-state index contributed by atoms with van der Waals surface area (Å²) in [7, 11) is 1.67. The van der Waals surface area contributed by atoms with Gasteiger partial charge in [0.25, 0.3) is 0 Å². The Morgan fingerprint density at radius 1 is 0.889 bits per heavy atom. The molecule has 2 aromatic carbocycles. The number of methoxy groups -OCH3 is 1. The Bertz CT molecular complexity index is 1060. The zero-order chi connectivity index (χ0) is 18.6. The van der Waals surface area contributed by atoms with E-state index in [9.17, 15) is 0 Å². The lowest BCUT2D eigenvalue weighted by Crippen LogP contribution is -2.05. The Morgan fingerprint density at radius 2 is 1.70 bits per heavy atom. The normalized spacial score (nSPS) is 10.7. The molecule has 0 aliphatic carbocycles. The first-order valence-electron chi connectivity index (χ1n) is 8.79. The molecular weight excluding hydrogens is 336 g/mol. The van der Waals surface area contributed by atoms with Crippen molar-refractivity contribution in [2.75, 3.05) is 7.11 Å². The van der Waals surface area contributed by atoms with Crippen molar-refractivity contribution in [3.8, 4) is 28.4 Å². The van der Waals surface area contributed by atoms with Crippen LogP contribution in [-0.2, 0) is 6.54 Å². The van der Waals surface area contributed by atoms with E-state index in [2.05, 4.69) is 37.9 Å². The summed E-state index contributed by atoms with van der Waals surface area (Å²) in [5, 5.41) is 8.65. The maximum atomic E-state index is 5.34. The van der Waals surface area contributed by atoms with Crippen molar-refractivity contribution in [1.29, 1.82) is 0 Å². The van der Waals surface area contributed by atoms with Crippen molar-refractivity contribution in [3.05, 3.63) is 84.3 Å². The summed E-state index contributed by atoms with van der Waals surface area (Å²) in [5.41, 5.74) is 4.13. The third-order valence-electron chi connectivity index (χ3n) is 4.51. The number of aromatic nitrogens is 4. The highest BCUT2D eigenvalue weighted by molar-refractivity contribution is 5.69. The van der Waals surface area contributed by atoms with Gasteiger partial charge in [0.2, 0.25) is 0 Å². The maximum Gasteiger partial charge on any atom is 0.182 e. The van der Waals surface area contributed by atoms with Crippen molar-refractivity contribution < 1.29 is 4.74 Å². The molecule has 0 aliphatic rings. The third kappa shape index (κ3) is 3.58. The molecule has 5 heteroatoms. The lowest BCUT2D eigenvalue weighted by Gasteiger charge is -2.10. The average molecular weight is 356 g/mol. The second-order valence-corrected chi connectivity index (χ2v) is 6.30. The average Bonchev–Trinajstić information content (AvgIpc) is 3.09. The van der Waals surface area contributed by atoms with Crippen molar-refractivity contribution >= 4 is 0 Å². The van der Waals surface area contributed by atoms with Crippen LogP contribution in [0, 0.1) is 6.92 Å². The molecule has 2 aromatic heterocycles. The molecule has 0 saturated carbocycles. The first-order chi connectivity index (χ1) is 13.2. The quantitative estimate of drug-likeness (QED) is 0.533. The summed E-state index contributed by atoms with van der Waals surface area (Å²) in [4.78, 5) is 4.54. The molecule has 4 aromatic rings. The first kappa shape index (κ1) is 17.0. The number of hydrogen-bond acceptors (Lipinski definition) is 4. The molecule has 5 nitrogen and oxygen atoms in total. The van der Waals surface area contributed by atoms with Crippen LogP contribution >= 0.6 is 0 Å². The number of rotatable bonds is 5. The minimum Gasteiger partial charge on any atom is -0.497 e. The molecule has 27 heavy (non-hydrogen) atoms. The highest BCUT2D eigenvalue weighted by atomic mass is 16.5. The standard InChI is InChI=1S/C22H20N4O/c1-16-24-25-22(26(16)15-17-7-4-3-5-8-17)21-14-19(11-12-23-21)18-9-6-10-20(13-18)27-2/h3-14H,15H2,1-2H3. The van der Waals surface area contributed by atoms with Crippen LogP contribution in [0.3, 0.4) is 0 Å². The molecule has 0 atom stereocenters.